The zero-order valence-electron chi connectivity index (χ0n) is 17.9. The third-order valence-electron chi connectivity index (χ3n) is 6.32. The number of nitrogens with one attached hydrogen (secondary N) is 1. The lowest BCUT2D eigenvalue weighted by Gasteiger charge is -2.35. The summed E-state index contributed by atoms with van der Waals surface area (Å²) in [5, 5.41) is 3.01. The molecule has 3 rings (SSSR count). The number of piperidine rings is 1. The van der Waals surface area contributed by atoms with Gasteiger partial charge in [0, 0.05) is 37.8 Å². The van der Waals surface area contributed by atoms with Crippen molar-refractivity contribution in [1.29, 1.82) is 0 Å². The van der Waals surface area contributed by atoms with Crippen LogP contribution in [0, 0.1) is 5.92 Å². The van der Waals surface area contributed by atoms with Crippen molar-refractivity contribution in [2.45, 2.75) is 64.3 Å². The smallest absolute Gasteiger partial charge is 0.322 e. The number of rotatable bonds is 6. The molecular weight excluding hydrogens is 366 g/mol. The molecule has 1 aromatic rings. The average Bonchev–Trinajstić information content (AvgIpc) is 2.75. The minimum Gasteiger partial charge on any atom is -0.497 e. The van der Waals surface area contributed by atoms with Crippen LogP contribution in [0.4, 0.5) is 10.5 Å². The van der Waals surface area contributed by atoms with Crippen molar-refractivity contribution in [2.75, 3.05) is 32.1 Å². The Morgan fingerprint density at radius 2 is 1.72 bits per heavy atom. The van der Waals surface area contributed by atoms with Crippen LogP contribution in [-0.4, -0.2) is 54.5 Å². The molecule has 0 bridgehead atoms. The summed E-state index contributed by atoms with van der Waals surface area (Å²) < 4.78 is 5.18. The van der Waals surface area contributed by atoms with E-state index in [0.717, 1.165) is 63.1 Å². The van der Waals surface area contributed by atoms with Gasteiger partial charge >= 0.3 is 6.03 Å². The Hall–Kier alpha value is -2.24. The van der Waals surface area contributed by atoms with Crippen LogP contribution < -0.4 is 10.1 Å². The Labute approximate surface area is 174 Å². The van der Waals surface area contributed by atoms with Crippen LogP contribution in [0.2, 0.25) is 0 Å². The zero-order chi connectivity index (χ0) is 20.6. The predicted octanol–water partition coefficient (Wildman–Crippen LogP) is 4.51. The number of ether oxygens (including phenoxy) is 1. The maximum Gasteiger partial charge on any atom is 0.322 e. The van der Waals surface area contributed by atoms with Crippen molar-refractivity contribution >= 4 is 17.6 Å². The molecule has 6 heteroatoms. The largest absolute Gasteiger partial charge is 0.497 e. The second-order valence-corrected chi connectivity index (χ2v) is 8.46. The number of carbonyl (C=O) groups is 2. The summed E-state index contributed by atoms with van der Waals surface area (Å²) in [7, 11) is 1.62. The summed E-state index contributed by atoms with van der Waals surface area (Å²) in [6.45, 7) is 4.43. The Morgan fingerprint density at radius 3 is 2.34 bits per heavy atom. The number of benzene rings is 1. The zero-order valence-corrected chi connectivity index (χ0v) is 17.9. The fourth-order valence-electron chi connectivity index (χ4n) is 4.34. The topological polar surface area (TPSA) is 61.9 Å². The quantitative estimate of drug-likeness (QED) is 0.763. The molecule has 1 aliphatic heterocycles. The Balaban J connectivity index is 1.60. The molecule has 0 radical (unpaired) electrons. The van der Waals surface area contributed by atoms with Gasteiger partial charge in [-0.1, -0.05) is 26.2 Å². The highest BCUT2D eigenvalue weighted by atomic mass is 16.5. The summed E-state index contributed by atoms with van der Waals surface area (Å²) in [5.74, 6) is 1.64. The second-order valence-electron chi connectivity index (χ2n) is 8.46. The van der Waals surface area contributed by atoms with Gasteiger partial charge in [0.1, 0.15) is 5.75 Å². The first kappa shape index (κ1) is 21.5. The molecule has 0 spiro atoms. The average molecular weight is 402 g/mol. The molecule has 160 valence electrons. The third kappa shape index (κ3) is 6.12. The fourth-order valence-corrected chi connectivity index (χ4v) is 4.34. The van der Waals surface area contributed by atoms with Crippen LogP contribution in [0.5, 0.6) is 5.75 Å². The highest BCUT2D eigenvalue weighted by Gasteiger charge is 2.27. The highest BCUT2D eigenvalue weighted by Crippen LogP contribution is 2.25. The summed E-state index contributed by atoms with van der Waals surface area (Å²) in [6, 6.07) is 7.47. The van der Waals surface area contributed by atoms with Crippen LogP contribution in [0.1, 0.15) is 58.3 Å². The first-order valence-corrected chi connectivity index (χ1v) is 11.1. The first-order chi connectivity index (χ1) is 14.1. The molecule has 3 amide bonds. The molecule has 2 aliphatic rings. The number of anilines is 1. The molecule has 0 unspecified atom stereocenters. The molecule has 1 aromatic carbocycles. The van der Waals surface area contributed by atoms with Gasteiger partial charge < -0.3 is 19.9 Å². The molecule has 0 atom stereocenters. The summed E-state index contributed by atoms with van der Waals surface area (Å²) in [5.41, 5.74) is 0.743. The number of nitrogens with zero attached hydrogens (tertiary/aromatic N) is 2. The van der Waals surface area contributed by atoms with E-state index in [9.17, 15) is 9.59 Å². The molecule has 2 fully saturated rings. The van der Waals surface area contributed by atoms with Crippen LogP contribution >= 0.6 is 0 Å². The van der Waals surface area contributed by atoms with E-state index in [1.807, 2.05) is 34.1 Å². The standard InChI is InChI=1S/C23H35N3O3/c1-18-12-15-25(16-13-18)22(27)14-17-26(20-6-4-3-5-7-20)23(28)24-19-8-10-21(29-2)11-9-19/h8-11,18,20H,3-7,12-17H2,1-2H3,(H,24,28). The molecule has 6 nitrogen and oxygen atoms in total. The van der Waals surface area contributed by atoms with Crippen LogP contribution in [0.25, 0.3) is 0 Å². The van der Waals surface area contributed by atoms with E-state index in [0.29, 0.717) is 18.9 Å². The number of hydrogen-bond donors (Lipinski definition) is 1. The van der Waals surface area contributed by atoms with E-state index in [2.05, 4.69) is 12.2 Å². The molecule has 1 N–H and O–H groups in total. The Kier molecular flexibility index (Phi) is 7.78. The normalized spacial score (nSPS) is 18.3. The monoisotopic (exact) mass is 401 g/mol. The van der Waals surface area contributed by atoms with Crippen LogP contribution in [0.3, 0.4) is 0 Å². The maximum absolute atomic E-state index is 13.1. The summed E-state index contributed by atoms with van der Waals surface area (Å²) >= 11 is 0. The number of likely N-dealkylation sites (tertiary alicyclic amines) is 1. The van der Waals surface area contributed by atoms with Crippen molar-refractivity contribution < 1.29 is 14.3 Å². The molecule has 1 heterocycles. The van der Waals surface area contributed by atoms with Crippen LogP contribution in [0.15, 0.2) is 24.3 Å². The van der Waals surface area contributed by atoms with E-state index in [-0.39, 0.29) is 18.0 Å². The lowest BCUT2D eigenvalue weighted by Crippen LogP contribution is -2.46. The second kappa shape index (κ2) is 10.5. The van der Waals surface area contributed by atoms with Gasteiger partial charge in [-0.3, -0.25) is 4.79 Å². The van der Waals surface area contributed by atoms with E-state index < -0.39 is 0 Å². The lowest BCUT2D eigenvalue weighted by molar-refractivity contribution is -0.132. The Bertz CT molecular complexity index is 662. The third-order valence-corrected chi connectivity index (χ3v) is 6.32. The molecular formula is C23H35N3O3. The van der Waals surface area contributed by atoms with Crippen LogP contribution in [-0.2, 0) is 4.79 Å². The van der Waals surface area contributed by atoms with E-state index >= 15 is 0 Å². The molecule has 29 heavy (non-hydrogen) atoms. The van der Waals surface area contributed by atoms with E-state index in [4.69, 9.17) is 4.74 Å². The van der Waals surface area contributed by atoms with Gasteiger partial charge in [-0.05, 0) is 55.9 Å². The van der Waals surface area contributed by atoms with Crippen molar-refractivity contribution in [3.63, 3.8) is 0 Å². The van der Waals surface area contributed by atoms with Crippen molar-refractivity contribution in [2.24, 2.45) is 5.92 Å². The van der Waals surface area contributed by atoms with Crippen molar-refractivity contribution in [3.8, 4) is 5.75 Å². The van der Waals surface area contributed by atoms with Gasteiger partial charge in [0.2, 0.25) is 5.91 Å². The van der Waals surface area contributed by atoms with Gasteiger partial charge in [0.15, 0.2) is 0 Å². The van der Waals surface area contributed by atoms with Crippen molar-refractivity contribution in [3.05, 3.63) is 24.3 Å². The number of urea groups is 1. The van der Waals surface area contributed by atoms with Crippen molar-refractivity contribution in [1.82, 2.24) is 9.80 Å². The Morgan fingerprint density at radius 1 is 1.07 bits per heavy atom. The van der Waals surface area contributed by atoms with Gasteiger partial charge in [0.25, 0.3) is 0 Å². The minimum absolute atomic E-state index is 0.109. The number of amides is 3. The molecule has 0 aromatic heterocycles. The van der Waals surface area contributed by atoms with E-state index in [1.165, 1.54) is 6.42 Å². The summed E-state index contributed by atoms with van der Waals surface area (Å²) in [6.07, 6.45) is 8.13. The van der Waals surface area contributed by atoms with Gasteiger partial charge in [-0.15, -0.1) is 0 Å². The molecule has 1 saturated carbocycles. The fraction of sp³-hybridized carbons (Fsp3) is 0.652. The SMILES string of the molecule is COc1ccc(NC(=O)N(CCC(=O)N2CCC(C)CC2)C2CCCCC2)cc1. The number of carbonyl (C=O) groups excluding carboxylic acids is 2. The highest BCUT2D eigenvalue weighted by molar-refractivity contribution is 5.90. The van der Waals surface area contributed by atoms with Gasteiger partial charge in [-0.2, -0.15) is 0 Å². The van der Waals surface area contributed by atoms with Gasteiger partial charge in [-0.25, -0.2) is 4.79 Å². The maximum atomic E-state index is 13.1. The van der Waals surface area contributed by atoms with Gasteiger partial charge in [0.05, 0.1) is 7.11 Å². The first-order valence-electron chi connectivity index (χ1n) is 11.1. The molecule has 1 saturated heterocycles. The molecule has 1 aliphatic carbocycles. The number of methoxy groups -OCH3 is 1. The minimum atomic E-state index is -0.109. The lowest BCUT2D eigenvalue weighted by atomic mass is 9.94. The summed E-state index contributed by atoms with van der Waals surface area (Å²) in [4.78, 5) is 29.6. The number of hydrogen-bond acceptors (Lipinski definition) is 3. The predicted molar refractivity (Wildman–Crippen MR) is 115 cm³/mol. The van der Waals surface area contributed by atoms with E-state index in [1.54, 1.807) is 7.11 Å².